The Kier molecular flexibility index (Phi) is 12.3. The number of rotatable bonds is 11. The third-order valence-electron chi connectivity index (χ3n) is 13.8. The van der Waals surface area contributed by atoms with Gasteiger partial charge in [-0.3, -0.25) is 9.69 Å². The molecule has 4 aromatic carbocycles. The van der Waals surface area contributed by atoms with E-state index in [0.717, 1.165) is 24.5 Å². The molecule has 1 fully saturated rings. The van der Waals surface area contributed by atoms with Crippen molar-refractivity contribution in [1.29, 1.82) is 0 Å². The number of nitrogens with zero attached hydrogens (tertiary/aromatic N) is 1. The van der Waals surface area contributed by atoms with E-state index in [2.05, 4.69) is 184 Å². The molecule has 0 aromatic heterocycles. The van der Waals surface area contributed by atoms with Crippen LogP contribution in [0.25, 0.3) is 0 Å². The number of hydrogen-bond acceptors (Lipinski definition) is 3. The summed E-state index contributed by atoms with van der Waals surface area (Å²) in [5.74, 6) is 0.795. The van der Waals surface area contributed by atoms with Gasteiger partial charge in [0.15, 0.2) is 13.9 Å². The zero-order valence-electron chi connectivity index (χ0n) is 34.7. The summed E-state index contributed by atoms with van der Waals surface area (Å²) in [6, 6.07) is 42.8. The Hall–Kier alpha value is -4.01. The van der Waals surface area contributed by atoms with E-state index >= 15 is 9.59 Å². The molecule has 1 aliphatic carbocycles. The molecule has 2 aliphatic rings. The van der Waals surface area contributed by atoms with Crippen LogP contribution >= 0.6 is 0 Å². The molecule has 0 radical (unpaired) electrons. The highest BCUT2D eigenvalue weighted by Crippen LogP contribution is 2.49. The van der Waals surface area contributed by atoms with Gasteiger partial charge in [0, 0.05) is 18.5 Å². The van der Waals surface area contributed by atoms with Gasteiger partial charge in [-0.25, -0.2) is 4.79 Å². The number of carbonyl (C=O) groups excluding carboxylic acids is 2. The van der Waals surface area contributed by atoms with Crippen molar-refractivity contribution in [3.8, 4) is 0 Å². The monoisotopic (exact) mass is 769 g/mol. The van der Waals surface area contributed by atoms with E-state index in [4.69, 9.17) is 4.74 Å². The van der Waals surface area contributed by atoms with Gasteiger partial charge >= 0.3 is 6.09 Å². The van der Waals surface area contributed by atoms with Gasteiger partial charge in [-0.1, -0.05) is 190 Å². The molecule has 55 heavy (non-hydrogen) atoms. The molecular weight excluding hydrogens is 707 g/mol. The lowest BCUT2D eigenvalue weighted by Gasteiger charge is -2.51. The second kappa shape index (κ2) is 16.6. The fourth-order valence-electron chi connectivity index (χ4n) is 11.2. The second-order valence-corrected chi connectivity index (χ2v) is 27.8. The molecule has 1 heterocycles. The topological polar surface area (TPSA) is 46.6 Å². The number of benzene rings is 4. The highest BCUT2D eigenvalue weighted by molar-refractivity contribution is 7.12. The predicted molar refractivity (Wildman–Crippen MR) is 235 cm³/mol. The number of amides is 1. The van der Waals surface area contributed by atoms with Gasteiger partial charge < -0.3 is 4.74 Å². The van der Waals surface area contributed by atoms with Crippen LogP contribution in [0.3, 0.4) is 0 Å². The lowest BCUT2D eigenvalue weighted by Crippen LogP contribution is -2.78. The summed E-state index contributed by atoms with van der Waals surface area (Å²) in [5, 5.41) is 4.42. The van der Waals surface area contributed by atoms with Crippen LogP contribution in [0.1, 0.15) is 93.6 Å². The molecule has 0 saturated heterocycles. The third-order valence-corrected chi connectivity index (χ3v) is 26.1. The third kappa shape index (κ3) is 7.37. The van der Waals surface area contributed by atoms with Gasteiger partial charge in [0.1, 0.15) is 14.2 Å². The quantitative estimate of drug-likeness (QED) is 0.113. The van der Waals surface area contributed by atoms with E-state index in [1.165, 1.54) is 21.1 Å². The summed E-state index contributed by atoms with van der Waals surface area (Å²) in [5.41, 5.74) is 1.56. The van der Waals surface area contributed by atoms with E-state index in [1.807, 2.05) is 11.1 Å². The van der Waals surface area contributed by atoms with E-state index in [-0.39, 0.29) is 35.7 Å². The molecule has 0 bridgehead atoms. The maximum atomic E-state index is 15.6. The van der Waals surface area contributed by atoms with Crippen LogP contribution in [-0.4, -0.2) is 44.7 Å². The Morgan fingerprint density at radius 1 is 0.691 bits per heavy atom. The van der Waals surface area contributed by atoms with Crippen molar-refractivity contribution < 1.29 is 14.3 Å². The molecule has 4 aromatic rings. The van der Waals surface area contributed by atoms with E-state index in [1.54, 1.807) is 0 Å². The van der Waals surface area contributed by atoms with E-state index in [9.17, 15) is 0 Å². The van der Waals surface area contributed by atoms with Gasteiger partial charge in [-0.05, 0) is 67.1 Å². The minimum absolute atomic E-state index is 0.151. The van der Waals surface area contributed by atoms with Crippen molar-refractivity contribution in [3.05, 3.63) is 138 Å². The molecule has 0 spiro atoms. The van der Waals surface area contributed by atoms with Crippen LogP contribution in [0.2, 0.25) is 16.6 Å². The molecule has 6 rings (SSSR count). The first-order valence-electron chi connectivity index (χ1n) is 20.7. The lowest BCUT2D eigenvalue weighted by atomic mass is 9.64. The Balaban J connectivity index is 1.59. The summed E-state index contributed by atoms with van der Waals surface area (Å²) >= 11 is 0. The number of ketones is 1. The highest BCUT2D eigenvalue weighted by atomic mass is 28.3. The van der Waals surface area contributed by atoms with Crippen LogP contribution in [0.4, 0.5) is 4.79 Å². The van der Waals surface area contributed by atoms with E-state index in [0.29, 0.717) is 22.5 Å². The van der Waals surface area contributed by atoms with Crippen LogP contribution in [0.15, 0.2) is 133 Å². The van der Waals surface area contributed by atoms with Gasteiger partial charge in [-0.2, -0.15) is 0 Å². The lowest BCUT2D eigenvalue weighted by molar-refractivity contribution is -0.116. The van der Waals surface area contributed by atoms with E-state index < -0.39 is 21.8 Å². The van der Waals surface area contributed by atoms with Crippen molar-refractivity contribution in [2.24, 2.45) is 11.8 Å². The largest absolute Gasteiger partial charge is 0.446 e. The molecule has 0 N–H and O–H groups in total. The van der Waals surface area contributed by atoms with Crippen molar-refractivity contribution in [3.63, 3.8) is 0 Å². The predicted octanol–water partition coefficient (Wildman–Crippen LogP) is 10.4. The van der Waals surface area contributed by atoms with Crippen LogP contribution in [-0.2, 0) is 14.9 Å². The number of ether oxygens (including phenoxy) is 1. The minimum atomic E-state index is -3.17. The Bertz CT molecular complexity index is 1810. The molecule has 6 heteroatoms. The number of allylic oxidation sites excluding steroid dienone is 1. The molecule has 1 saturated carbocycles. The van der Waals surface area contributed by atoms with Gasteiger partial charge in [-0.15, -0.1) is 0 Å². The minimum Gasteiger partial charge on any atom is -0.446 e. The summed E-state index contributed by atoms with van der Waals surface area (Å²) < 4.78 is 7.00. The average Bonchev–Trinajstić information content (AvgIpc) is 3.17. The van der Waals surface area contributed by atoms with Crippen LogP contribution < -0.4 is 15.6 Å². The van der Waals surface area contributed by atoms with Crippen molar-refractivity contribution in [2.45, 2.75) is 122 Å². The van der Waals surface area contributed by atoms with Crippen LogP contribution in [0, 0.1) is 11.8 Å². The fraction of sp³-hybridized carbons (Fsp3) is 0.429. The highest BCUT2D eigenvalue weighted by Gasteiger charge is 2.57. The molecule has 4 atom stereocenters. The van der Waals surface area contributed by atoms with Crippen molar-refractivity contribution >= 4 is 43.6 Å². The Morgan fingerprint density at radius 3 is 1.56 bits per heavy atom. The maximum absolute atomic E-state index is 15.6. The standard InChI is InChI=1S/C49H63NO3Si2/c1-35(2)54(36(3)4,37(5)6)46-34-50(48(52)53-45-32-38(7)30-31-43(45)49(8,9)39-22-14-10-15-23-39)47(33-44(46)51)55(40-24-16-11-17-25-40,41-26-18-12-19-27-41)42-28-20-13-21-29-42/h10-29,34-38,43,45,47H,30-33H2,1-9H3/t38-,43-,45-,47+/m1/s1. The molecule has 0 unspecified atom stereocenters. The molecule has 1 aliphatic heterocycles. The average molecular weight is 770 g/mol. The SMILES string of the molecule is CC(C)[Si](C1=CN(C(=O)O[C@@H]2C[C@H](C)CC[C@H]2C(C)(C)c2ccccc2)[C@@H]([Si](c2ccccc2)(c2ccccc2)c2ccccc2)CC1=O)(C(C)C)C(C)C. The first-order chi connectivity index (χ1) is 26.3. The van der Waals surface area contributed by atoms with Crippen molar-refractivity contribution in [2.75, 3.05) is 0 Å². The first kappa shape index (κ1) is 40.7. The Morgan fingerprint density at radius 2 is 1.13 bits per heavy atom. The molecule has 290 valence electrons. The summed E-state index contributed by atoms with van der Waals surface area (Å²) in [4.78, 5) is 32.8. The molecular formula is C49H63NO3Si2. The number of carbonyl (C=O) groups is 2. The van der Waals surface area contributed by atoms with Crippen LogP contribution in [0.5, 0.6) is 0 Å². The Labute approximate surface area is 333 Å². The first-order valence-corrected chi connectivity index (χ1v) is 25.0. The smallest absolute Gasteiger partial charge is 0.414 e. The zero-order valence-corrected chi connectivity index (χ0v) is 36.7. The number of hydrogen-bond donors (Lipinski definition) is 0. The maximum Gasteiger partial charge on any atom is 0.414 e. The summed E-state index contributed by atoms with van der Waals surface area (Å²) in [7, 11) is -5.65. The van der Waals surface area contributed by atoms with Gasteiger partial charge in [0.25, 0.3) is 0 Å². The van der Waals surface area contributed by atoms with Gasteiger partial charge in [0.05, 0.1) is 5.67 Å². The second-order valence-electron chi connectivity index (χ2n) is 17.9. The number of Topliss-reactive ketones (excluding diaryl/α,β-unsaturated/α-hetero) is 1. The molecule has 4 nitrogen and oxygen atoms in total. The zero-order chi connectivity index (χ0) is 39.5. The van der Waals surface area contributed by atoms with Gasteiger partial charge in [0.2, 0.25) is 0 Å². The molecule has 1 amide bonds. The summed E-state index contributed by atoms with van der Waals surface area (Å²) in [6.45, 7) is 20.7. The fourth-order valence-corrected chi connectivity index (χ4v) is 23.5. The summed E-state index contributed by atoms with van der Waals surface area (Å²) in [6.07, 6.45) is 4.65. The normalized spacial score (nSPS) is 21.2. The van der Waals surface area contributed by atoms with Crippen molar-refractivity contribution in [1.82, 2.24) is 4.90 Å².